The summed E-state index contributed by atoms with van der Waals surface area (Å²) >= 11 is 6.95. The lowest BCUT2D eigenvalue weighted by molar-refractivity contribution is -0.128. The molecular formula is C22H18Br2N2O4. The van der Waals surface area contributed by atoms with Crippen molar-refractivity contribution in [3.05, 3.63) is 75.2 Å². The van der Waals surface area contributed by atoms with E-state index in [2.05, 4.69) is 42.7 Å². The maximum Gasteiger partial charge on any atom is 0.276 e. The van der Waals surface area contributed by atoms with E-state index in [0.717, 1.165) is 31.0 Å². The van der Waals surface area contributed by atoms with E-state index in [1.165, 1.54) is 6.08 Å². The molecule has 0 unspecified atom stereocenters. The highest BCUT2D eigenvalue weighted by atomic mass is 79.9. The molecule has 8 heteroatoms. The van der Waals surface area contributed by atoms with Gasteiger partial charge in [-0.05, 0) is 68.7 Å². The molecular weight excluding hydrogens is 516 g/mol. The second-order valence-corrected chi connectivity index (χ2v) is 7.88. The molecule has 2 N–H and O–H groups in total. The van der Waals surface area contributed by atoms with Crippen LogP contribution in [0.2, 0.25) is 0 Å². The van der Waals surface area contributed by atoms with E-state index >= 15 is 0 Å². The highest BCUT2D eigenvalue weighted by molar-refractivity contribution is 9.11. The smallest absolute Gasteiger partial charge is 0.276 e. The van der Waals surface area contributed by atoms with Gasteiger partial charge in [-0.3, -0.25) is 20.4 Å². The molecule has 0 aliphatic rings. The van der Waals surface area contributed by atoms with Gasteiger partial charge in [0.25, 0.3) is 11.8 Å². The number of carbonyl (C=O) groups excluding carboxylic acids is 2. The Balaban J connectivity index is 1.49. The predicted octanol–water partition coefficient (Wildman–Crippen LogP) is 4.61. The number of ether oxygens (including phenoxy) is 2. The Morgan fingerprint density at radius 2 is 1.77 bits per heavy atom. The van der Waals surface area contributed by atoms with Crippen molar-refractivity contribution in [2.45, 2.75) is 0 Å². The Labute approximate surface area is 190 Å². The summed E-state index contributed by atoms with van der Waals surface area (Å²) in [5, 5.41) is 2.00. The Hall–Kier alpha value is -2.84. The zero-order valence-corrected chi connectivity index (χ0v) is 19.1. The number of carbonyl (C=O) groups is 2. The number of hydrogen-bond acceptors (Lipinski definition) is 4. The highest BCUT2D eigenvalue weighted by Gasteiger charge is 2.09. The Morgan fingerprint density at radius 3 is 2.50 bits per heavy atom. The summed E-state index contributed by atoms with van der Waals surface area (Å²) in [5.74, 6) is 0.320. The van der Waals surface area contributed by atoms with Gasteiger partial charge < -0.3 is 9.47 Å². The van der Waals surface area contributed by atoms with Crippen molar-refractivity contribution in [1.82, 2.24) is 10.9 Å². The molecule has 2 amide bonds. The monoisotopic (exact) mass is 532 g/mol. The summed E-state index contributed by atoms with van der Waals surface area (Å²) in [6.07, 6.45) is 2.95. The molecule has 0 radical (unpaired) electrons. The Bertz CT molecular complexity index is 1100. The quantitative estimate of drug-likeness (QED) is 0.358. The second-order valence-electron chi connectivity index (χ2n) is 6.18. The molecule has 0 saturated carbocycles. The molecule has 3 rings (SSSR count). The lowest BCUT2D eigenvalue weighted by Crippen LogP contribution is -2.43. The van der Waals surface area contributed by atoms with Gasteiger partial charge >= 0.3 is 0 Å². The first kappa shape index (κ1) is 21.9. The first-order valence-electron chi connectivity index (χ1n) is 8.88. The van der Waals surface area contributed by atoms with Gasteiger partial charge in [-0.15, -0.1) is 0 Å². The van der Waals surface area contributed by atoms with E-state index in [4.69, 9.17) is 9.47 Å². The van der Waals surface area contributed by atoms with Gasteiger partial charge in [0.2, 0.25) is 0 Å². The van der Waals surface area contributed by atoms with E-state index in [0.29, 0.717) is 5.75 Å². The number of amides is 2. The van der Waals surface area contributed by atoms with Gasteiger partial charge in [-0.2, -0.15) is 0 Å². The van der Waals surface area contributed by atoms with Crippen LogP contribution < -0.4 is 20.3 Å². The summed E-state index contributed by atoms with van der Waals surface area (Å²) < 4.78 is 12.4. The molecule has 0 bridgehead atoms. The number of fused-ring (bicyclic) bond motifs is 1. The maximum absolute atomic E-state index is 12.0. The SMILES string of the molecule is COc1ccc(/C=C/C(=O)NNC(=O)COc2ccc3cc(Br)ccc3c2Br)cc1. The van der Waals surface area contributed by atoms with Gasteiger partial charge in [0.1, 0.15) is 11.5 Å². The van der Waals surface area contributed by atoms with Crippen molar-refractivity contribution in [3.63, 3.8) is 0 Å². The Kier molecular flexibility index (Phi) is 7.48. The zero-order chi connectivity index (χ0) is 21.5. The van der Waals surface area contributed by atoms with Crippen molar-refractivity contribution in [3.8, 4) is 11.5 Å². The first-order valence-corrected chi connectivity index (χ1v) is 10.5. The van der Waals surface area contributed by atoms with Crippen molar-refractivity contribution in [1.29, 1.82) is 0 Å². The fraction of sp³-hybridized carbons (Fsp3) is 0.0909. The molecule has 0 spiro atoms. The molecule has 0 heterocycles. The summed E-state index contributed by atoms with van der Waals surface area (Å²) in [6, 6.07) is 16.8. The van der Waals surface area contributed by atoms with Crippen LogP contribution in [0.5, 0.6) is 11.5 Å². The molecule has 0 fully saturated rings. The van der Waals surface area contributed by atoms with E-state index in [1.54, 1.807) is 31.4 Å². The minimum atomic E-state index is -0.482. The minimum absolute atomic E-state index is 0.247. The fourth-order valence-electron chi connectivity index (χ4n) is 2.59. The van der Waals surface area contributed by atoms with Crippen LogP contribution >= 0.6 is 31.9 Å². The van der Waals surface area contributed by atoms with Crippen LogP contribution in [0.1, 0.15) is 5.56 Å². The number of hydrogen-bond donors (Lipinski definition) is 2. The van der Waals surface area contributed by atoms with Crippen molar-refractivity contribution >= 4 is 60.5 Å². The molecule has 3 aromatic carbocycles. The molecule has 0 atom stereocenters. The third-order valence-corrected chi connectivity index (χ3v) is 5.42. The average molecular weight is 534 g/mol. The van der Waals surface area contributed by atoms with Gasteiger partial charge in [0, 0.05) is 10.5 Å². The summed E-state index contributed by atoms with van der Waals surface area (Å²) in [7, 11) is 1.59. The van der Waals surface area contributed by atoms with Crippen molar-refractivity contribution in [2.24, 2.45) is 0 Å². The predicted molar refractivity (Wildman–Crippen MR) is 123 cm³/mol. The molecule has 0 aromatic heterocycles. The van der Waals surface area contributed by atoms with E-state index in [-0.39, 0.29) is 6.61 Å². The zero-order valence-electron chi connectivity index (χ0n) is 15.9. The van der Waals surface area contributed by atoms with Crippen LogP contribution in [-0.4, -0.2) is 25.5 Å². The first-order chi connectivity index (χ1) is 14.5. The number of rotatable bonds is 6. The molecule has 6 nitrogen and oxygen atoms in total. The van der Waals surface area contributed by atoms with Crippen LogP contribution in [-0.2, 0) is 9.59 Å². The Morgan fingerprint density at radius 1 is 1.00 bits per heavy atom. The van der Waals surface area contributed by atoms with E-state index in [1.807, 2.05) is 36.4 Å². The van der Waals surface area contributed by atoms with Crippen molar-refractivity contribution in [2.75, 3.05) is 13.7 Å². The molecule has 0 aliphatic carbocycles. The topological polar surface area (TPSA) is 76.7 Å². The number of methoxy groups -OCH3 is 1. The molecule has 0 saturated heterocycles. The standard InChI is InChI=1S/C22H18Br2N2O4/c1-29-17-7-2-14(3-8-17)4-11-20(27)25-26-21(28)13-30-19-10-5-15-12-16(23)6-9-18(15)22(19)24/h2-12H,13H2,1H3,(H,25,27)(H,26,28)/b11-4+. The average Bonchev–Trinajstić information content (AvgIpc) is 2.76. The number of halogens is 2. The fourth-order valence-corrected chi connectivity index (χ4v) is 3.58. The summed E-state index contributed by atoms with van der Waals surface area (Å²) in [4.78, 5) is 23.8. The lowest BCUT2D eigenvalue weighted by atomic mass is 10.1. The van der Waals surface area contributed by atoms with Gasteiger partial charge in [-0.25, -0.2) is 0 Å². The second kappa shape index (κ2) is 10.3. The van der Waals surface area contributed by atoms with Gasteiger partial charge in [0.15, 0.2) is 6.61 Å². The third-order valence-electron chi connectivity index (χ3n) is 4.11. The van der Waals surface area contributed by atoms with E-state index in [9.17, 15) is 9.59 Å². The molecule has 3 aromatic rings. The highest BCUT2D eigenvalue weighted by Crippen LogP contribution is 2.34. The van der Waals surface area contributed by atoms with Crippen LogP contribution in [0, 0.1) is 0 Å². The third kappa shape index (κ3) is 5.84. The number of nitrogens with one attached hydrogen (secondary N) is 2. The lowest BCUT2D eigenvalue weighted by Gasteiger charge is -2.11. The summed E-state index contributed by atoms with van der Waals surface area (Å²) in [5.41, 5.74) is 5.46. The van der Waals surface area contributed by atoms with E-state index < -0.39 is 11.8 Å². The maximum atomic E-state index is 12.0. The normalized spacial score (nSPS) is 10.8. The molecule has 154 valence electrons. The van der Waals surface area contributed by atoms with Crippen LogP contribution in [0.15, 0.2) is 69.6 Å². The summed E-state index contributed by atoms with van der Waals surface area (Å²) in [6.45, 7) is -0.247. The van der Waals surface area contributed by atoms with Gasteiger partial charge in [-0.1, -0.05) is 40.2 Å². The van der Waals surface area contributed by atoms with Crippen LogP contribution in [0.3, 0.4) is 0 Å². The minimum Gasteiger partial charge on any atom is -0.497 e. The number of benzene rings is 3. The van der Waals surface area contributed by atoms with Crippen molar-refractivity contribution < 1.29 is 19.1 Å². The van der Waals surface area contributed by atoms with Crippen LogP contribution in [0.4, 0.5) is 0 Å². The molecule has 30 heavy (non-hydrogen) atoms. The number of hydrazine groups is 1. The van der Waals surface area contributed by atoms with Gasteiger partial charge in [0.05, 0.1) is 11.6 Å². The van der Waals surface area contributed by atoms with Crippen LogP contribution in [0.25, 0.3) is 16.8 Å². The molecule has 0 aliphatic heterocycles. The largest absolute Gasteiger partial charge is 0.497 e.